The molecule has 0 unspecified atom stereocenters. The predicted molar refractivity (Wildman–Crippen MR) is 95.9 cm³/mol. The smallest absolute Gasteiger partial charge is 0.251 e. The minimum absolute atomic E-state index is 0.176. The van der Waals surface area contributed by atoms with Crippen molar-refractivity contribution >= 4 is 17.5 Å². The fourth-order valence-corrected chi connectivity index (χ4v) is 2.38. The second-order valence-electron chi connectivity index (χ2n) is 5.72. The Bertz CT molecular complexity index is 890. The lowest BCUT2D eigenvalue weighted by Crippen LogP contribution is -2.27. The lowest BCUT2D eigenvalue weighted by molar-refractivity contribution is -0.116. The number of nitrogens with zero attached hydrogens (tertiary/aromatic N) is 4. The summed E-state index contributed by atoms with van der Waals surface area (Å²) in [6.07, 6.45) is 1.68. The van der Waals surface area contributed by atoms with Crippen molar-refractivity contribution in [1.82, 2.24) is 25.5 Å². The summed E-state index contributed by atoms with van der Waals surface area (Å²) in [4.78, 5) is 24.0. The topological polar surface area (TPSA) is 102 Å². The molecule has 2 N–H and O–H groups in total. The highest BCUT2D eigenvalue weighted by molar-refractivity contribution is 5.95. The number of carbonyl (C=O) groups excluding carboxylic acids is 2. The maximum atomic E-state index is 12.0. The molecule has 0 saturated carbocycles. The van der Waals surface area contributed by atoms with Crippen molar-refractivity contribution in [3.05, 3.63) is 66.0 Å². The molecule has 3 rings (SSSR count). The second-order valence-corrected chi connectivity index (χ2v) is 5.72. The van der Waals surface area contributed by atoms with Crippen LogP contribution >= 0.6 is 0 Å². The van der Waals surface area contributed by atoms with Crippen LogP contribution < -0.4 is 10.6 Å². The van der Waals surface area contributed by atoms with E-state index in [4.69, 9.17) is 0 Å². The lowest BCUT2D eigenvalue weighted by Gasteiger charge is -2.08. The van der Waals surface area contributed by atoms with Gasteiger partial charge in [0.15, 0.2) is 0 Å². The van der Waals surface area contributed by atoms with E-state index in [1.807, 2.05) is 25.1 Å². The van der Waals surface area contributed by atoms with E-state index in [2.05, 4.69) is 26.2 Å². The highest BCUT2D eigenvalue weighted by atomic mass is 16.2. The van der Waals surface area contributed by atoms with E-state index >= 15 is 0 Å². The number of carbonyl (C=O) groups is 2. The maximum absolute atomic E-state index is 12.0. The number of hydrogen-bond acceptors (Lipinski definition) is 5. The first kappa shape index (κ1) is 17.3. The average Bonchev–Trinajstić information content (AvgIpc) is 3.17. The third-order valence-corrected chi connectivity index (χ3v) is 3.68. The normalized spacial score (nSPS) is 10.3. The summed E-state index contributed by atoms with van der Waals surface area (Å²) in [5, 5.41) is 16.5. The molecule has 1 heterocycles. The number of amides is 2. The van der Waals surface area contributed by atoms with Gasteiger partial charge in [-0.3, -0.25) is 9.59 Å². The molecule has 8 heteroatoms. The lowest BCUT2D eigenvalue weighted by atomic mass is 10.1. The molecule has 2 amide bonds. The van der Waals surface area contributed by atoms with E-state index in [9.17, 15) is 9.59 Å². The Morgan fingerprint density at radius 1 is 1.12 bits per heavy atom. The molecule has 0 aliphatic rings. The Morgan fingerprint density at radius 2 is 1.92 bits per heavy atom. The minimum Gasteiger partial charge on any atom is -0.352 e. The molecule has 0 radical (unpaired) electrons. The number of hydrogen-bond donors (Lipinski definition) is 2. The first-order valence-corrected chi connectivity index (χ1v) is 8.10. The molecule has 26 heavy (non-hydrogen) atoms. The third-order valence-electron chi connectivity index (χ3n) is 3.68. The van der Waals surface area contributed by atoms with Crippen LogP contribution in [0.2, 0.25) is 0 Å². The van der Waals surface area contributed by atoms with Crippen LogP contribution in [0.3, 0.4) is 0 Å². The van der Waals surface area contributed by atoms with Crippen molar-refractivity contribution in [3.63, 3.8) is 0 Å². The fraction of sp³-hybridized carbons (Fsp3) is 0.167. The van der Waals surface area contributed by atoms with Gasteiger partial charge in [0.05, 0.1) is 5.69 Å². The molecule has 0 aliphatic carbocycles. The summed E-state index contributed by atoms with van der Waals surface area (Å²) in [6.45, 7) is 2.19. The van der Waals surface area contributed by atoms with Crippen LogP contribution in [0.15, 0.2) is 54.9 Å². The van der Waals surface area contributed by atoms with Gasteiger partial charge in [0.25, 0.3) is 5.91 Å². The molecule has 2 aromatic carbocycles. The Hall–Kier alpha value is -3.55. The summed E-state index contributed by atoms with van der Waals surface area (Å²) < 4.78 is 1.52. The van der Waals surface area contributed by atoms with Crippen molar-refractivity contribution < 1.29 is 9.59 Å². The Kier molecular flexibility index (Phi) is 5.33. The molecule has 0 bridgehead atoms. The van der Waals surface area contributed by atoms with Crippen LogP contribution in [-0.2, 0) is 4.79 Å². The van der Waals surface area contributed by atoms with Crippen molar-refractivity contribution in [2.24, 2.45) is 0 Å². The molecule has 0 atom stereocenters. The SMILES string of the molecule is Cc1cccc(C(=O)NCCC(=O)Nc2ccc(-n3cnnn3)cc2)c1. The number of tetrazole rings is 1. The zero-order valence-corrected chi connectivity index (χ0v) is 14.2. The Labute approximate surface area is 150 Å². The van der Waals surface area contributed by atoms with Gasteiger partial charge in [0.1, 0.15) is 6.33 Å². The van der Waals surface area contributed by atoms with Crippen LogP contribution in [0.5, 0.6) is 0 Å². The van der Waals surface area contributed by atoms with Crippen LogP contribution in [0.1, 0.15) is 22.3 Å². The van der Waals surface area contributed by atoms with E-state index in [1.165, 1.54) is 11.0 Å². The quantitative estimate of drug-likeness (QED) is 0.705. The fourth-order valence-electron chi connectivity index (χ4n) is 2.38. The molecule has 0 saturated heterocycles. The molecule has 0 aliphatic heterocycles. The summed E-state index contributed by atoms with van der Waals surface area (Å²) in [7, 11) is 0. The maximum Gasteiger partial charge on any atom is 0.251 e. The molecule has 132 valence electrons. The number of anilines is 1. The van der Waals surface area contributed by atoms with Crippen molar-refractivity contribution in [2.75, 3.05) is 11.9 Å². The van der Waals surface area contributed by atoms with Crippen molar-refractivity contribution in [1.29, 1.82) is 0 Å². The van der Waals surface area contributed by atoms with Gasteiger partial charge in [-0.05, 0) is 53.7 Å². The highest BCUT2D eigenvalue weighted by Crippen LogP contribution is 2.12. The van der Waals surface area contributed by atoms with Crippen LogP contribution in [-0.4, -0.2) is 38.6 Å². The van der Waals surface area contributed by atoms with E-state index < -0.39 is 0 Å². The Morgan fingerprint density at radius 3 is 2.62 bits per heavy atom. The van der Waals surface area contributed by atoms with Gasteiger partial charge in [-0.15, -0.1) is 5.10 Å². The van der Waals surface area contributed by atoms with Crippen molar-refractivity contribution in [2.45, 2.75) is 13.3 Å². The molecule has 0 spiro atoms. The van der Waals surface area contributed by atoms with E-state index in [0.717, 1.165) is 11.3 Å². The molecule has 8 nitrogen and oxygen atoms in total. The zero-order chi connectivity index (χ0) is 18.4. The summed E-state index contributed by atoms with van der Waals surface area (Å²) >= 11 is 0. The van der Waals surface area contributed by atoms with Gasteiger partial charge >= 0.3 is 0 Å². The van der Waals surface area contributed by atoms with Crippen LogP contribution in [0.25, 0.3) is 5.69 Å². The molecular weight excluding hydrogens is 332 g/mol. The first-order valence-electron chi connectivity index (χ1n) is 8.10. The Balaban J connectivity index is 1.46. The van der Waals surface area contributed by atoms with Gasteiger partial charge in [-0.25, -0.2) is 4.68 Å². The van der Waals surface area contributed by atoms with Gasteiger partial charge in [-0.1, -0.05) is 17.7 Å². The number of aromatic nitrogens is 4. The highest BCUT2D eigenvalue weighted by Gasteiger charge is 2.07. The first-order chi connectivity index (χ1) is 12.6. The average molecular weight is 350 g/mol. The van der Waals surface area contributed by atoms with E-state index in [0.29, 0.717) is 11.3 Å². The van der Waals surface area contributed by atoms with Gasteiger partial charge < -0.3 is 10.6 Å². The van der Waals surface area contributed by atoms with Crippen LogP contribution in [0, 0.1) is 6.92 Å². The molecular formula is C18H18N6O2. The van der Waals surface area contributed by atoms with Gasteiger partial charge in [0, 0.05) is 24.2 Å². The number of aryl methyl sites for hydroxylation is 1. The number of benzene rings is 2. The number of rotatable bonds is 6. The van der Waals surface area contributed by atoms with Crippen LogP contribution in [0.4, 0.5) is 5.69 Å². The number of nitrogens with one attached hydrogen (secondary N) is 2. The standard InChI is InChI=1S/C18H18N6O2/c1-13-3-2-4-14(11-13)18(26)19-10-9-17(25)21-15-5-7-16(8-6-15)24-12-20-22-23-24/h2-8,11-12H,9-10H2,1H3,(H,19,26)(H,21,25). The summed E-state index contributed by atoms with van der Waals surface area (Å²) in [6, 6.07) is 14.4. The third kappa shape index (κ3) is 4.50. The predicted octanol–water partition coefficient (Wildman–Crippen LogP) is 1.73. The zero-order valence-electron chi connectivity index (χ0n) is 14.2. The largest absolute Gasteiger partial charge is 0.352 e. The summed E-state index contributed by atoms with van der Waals surface area (Å²) in [5.41, 5.74) is 3.05. The van der Waals surface area contributed by atoms with Gasteiger partial charge in [0.2, 0.25) is 5.91 Å². The molecule has 0 fully saturated rings. The molecule has 3 aromatic rings. The second kappa shape index (κ2) is 8.02. The van der Waals surface area contributed by atoms with E-state index in [1.54, 1.807) is 30.3 Å². The minimum atomic E-state index is -0.188. The summed E-state index contributed by atoms with van der Waals surface area (Å²) in [5.74, 6) is -0.364. The molecule has 1 aromatic heterocycles. The monoisotopic (exact) mass is 350 g/mol. The van der Waals surface area contributed by atoms with E-state index in [-0.39, 0.29) is 24.8 Å². The van der Waals surface area contributed by atoms with Crippen molar-refractivity contribution in [3.8, 4) is 5.69 Å². The van der Waals surface area contributed by atoms with Gasteiger partial charge in [-0.2, -0.15) is 0 Å².